The van der Waals surface area contributed by atoms with Gasteiger partial charge in [-0.15, -0.1) is 0 Å². The molecule has 3 aromatic rings. The number of anilines is 1. The fourth-order valence-corrected chi connectivity index (χ4v) is 3.98. The molecule has 1 saturated heterocycles. The minimum Gasteiger partial charge on any atom is -0.492 e. The maximum atomic E-state index is 13.1. The van der Waals surface area contributed by atoms with E-state index in [1.807, 2.05) is 49.7 Å². The second-order valence-corrected chi connectivity index (χ2v) is 8.60. The van der Waals surface area contributed by atoms with Crippen molar-refractivity contribution >= 4 is 41.2 Å². The highest BCUT2D eigenvalue weighted by atomic mass is 35.5. The molecular formula is C26H24ClN3O4. The van der Waals surface area contributed by atoms with Crippen molar-refractivity contribution < 1.29 is 19.1 Å². The fraction of sp³-hybridized carbons (Fsp3) is 0.192. The lowest BCUT2D eigenvalue weighted by atomic mass is 10.1. The Kier molecular flexibility index (Phi) is 6.56. The van der Waals surface area contributed by atoms with Crippen LogP contribution in [0, 0.1) is 20.8 Å². The number of hydrogen-bond donors (Lipinski definition) is 1. The lowest BCUT2D eigenvalue weighted by Crippen LogP contribution is -2.54. The smallest absolute Gasteiger partial charge is 0.335 e. The van der Waals surface area contributed by atoms with Gasteiger partial charge in [-0.05, 0) is 79.9 Å². The van der Waals surface area contributed by atoms with Crippen molar-refractivity contribution in [3.05, 3.63) is 87.7 Å². The summed E-state index contributed by atoms with van der Waals surface area (Å²) in [7, 11) is 0. The highest BCUT2D eigenvalue weighted by molar-refractivity contribution is 6.39. The Labute approximate surface area is 202 Å². The van der Waals surface area contributed by atoms with Crippen molar-refractivity contribution in [1.82, 2.24) is 9.88 Å². The molecule has 0 radical (unpaired) electrons. The molecule has 4 amide bonds. The van der Waals surface area contributed by atoms with Crippen LogP contribution >= 0.6 is 11.6 Å². The lowest BCUT2D eigenvalue weighted by Gasteiger charge is -2.26. The molecule has 1 N–H and O–H groups in total. The Morgan fingerprint density at radius 1 is 1.00 bits per heavy atom. The van der Waals surface area contributed by atoms with Gasteiger partial charge in [-0.25, -0.2) is 9.69 Å². The monoisotopic (exact) mass is 477 g/mol. The molecule has 7 nitrogen and oxygen atoms in total. The summed E-state index contributed by atoms with van der Waals surface area (Å²) < 4.78 is 7.76. The molecule has 1 aromatic heterocycles. The van der Waals surface area contributed by atoms with Gasteiger partial charge in [-0.1, -0.05) is 23.7 Å². The number of barbiturate groups is 1. The largest absolute Gasteiger partial charge is 0.492 e. The molecular weight excluding hydrogens is 454 g/mol. The number of halogens is 1. The van der Waals surface area contributed by atoms with E-state index >= 15 is 0 Å². The van der Waals surface area contributed by atoms with Gasteiger partial charge in [0.2, 0.25) is 0 Å². The first-order valence-corrected chi connectivity index (χ1v) is 11.1. The van der Waals surface area contributed by atoms with Crippen molar-refractivity contribution in [2.75, 3.05) is 11.5 Å². The number of rotatable bonds is 6. The van der Waals surface area contributed by atoms with E-state index < -0.39 is 17.8 Å². The Hall–Kier alpha value is -3.84. The summed E-state index contributed by atoms with van der Waals surface area (Å²) in [5, 5.41) is 2.65. The molecule has 2 heterocycles. The van der Waals surface area contributed by atoms with Crippen molar-refractivity contribution in [3.63, 3.8) is 0 Å². The topological polar surface area (TPSA) is 80.6 Å². The van der Waals surface area contributed by atoms with Crippen molar-refractivity contribution in [2.24, 2.45) is 0 Å². The van der Waals surface area contributed by atoms with Crippen LogP contribution in [0.15, 0.2) is 60.3 Å². The van der Waals surface area contributed by atoms with E-state index in [1.54, 1.807) is 18.2 Å². The summed E-state index contributed by atoms with van der Waals surface area (Å²) in [5.74, 6) is -0.672. The lowest BCUT2D eigenvalue weighted by molar-refractivity contribution is -0.122. The third-order valence-electron chi connectivity index (χ3n) is 5.47. The number of hydrogen-bond acceptors (Lipinski definition) is 4. The molecule has 1 aliphatic rings. The third-order valence-corrected chi connectivity index (χ3v) is 5.88. The van der Waals surface area contributed by atoms with E-state index in [0.29, 0.717) is 23.9 Å². The maximum Gasteiger partial charge on any atom is 0.335 e. The minimum atomic E-state index is -0.815. The molecule has 34 heavy (non-hydrogen) atoms. The van der Waals surface area contributed by atoms with Gasteiger partial charge in [0.1, 0.15) is 17.9 Å². The number of carbonyl (C=O) groups excluding carboxylic acids is 3. The standard InChI is InChI=1S/C26H24ClN3O4/c1-16-11-17(2)13-21(12-16)34-10-9-29-8-4-5-19(29)14-22-24(31)28-26(33)30(25(22)32)20-7-6-18(3)23(27)15-20/h4-8,11-15H,9-10H2,1-3H3,(H,28,31,33)/b22-14+. The number of carbonyl (C=O) groups is 3. The Morgan fingerprint density at radius 2 is 1.74 bits per heavy atom. The van der Waals surface area contributed by atoms with Crippen LogP contribution in [0.5, 0.6) is 5.75 Å². The van der Waals surface area contributed by atoms with Crippen molar-refractivity contribution in [1.29, 1.82) is 0 Å². The summed E-state index contributed by atoms with van der Waals surface area (Å²) in [5.41, 5.74) is 3.83. The average Bonchev–Trinajstić information content (AvgIpc) is 3.20. The van der Waals surface area contributed by atoms with E-state index in [-0.39, 0.29) is 11.3 Å². The molecule has 0 aliphatic carbocycles. The van der Waals surface area contributed by atoms with E-state index in [0.717, 1.165) is 27.3 Å². The van der Waals surface area contributed by atoms with Gasteiger partial charge in [0, 0.05) is 16.9 Å². The van der Waals surface area contributed by atoms with Crippen LogP contribution in [0.4, 0.5) is 10.5 Å². The van der Waals surface area contributed by atoms with Crippen LogP contribution in [0.25, 0.3) is 6.08 Å². The third kappa shape index (κ3) is 4.89. The van der Waals surface area contributed by atoms with E-state index in [2.05, 4.69) is 11.4 Å². The zero-order valence-electron chi connectivity index (χ0n) is 19.1. The molecule has 0 unspecified atom stereocenters. The normalized spacial score (nSPS) is 15.1. The Morgan fingerprint density at radius 3 is 2.44 bits per heavy atom. The summed E-state index contributed by atoms with van der Waals surface area (Å²) in [6.45, 7) is 6.75. The minimum absolute atomic E-state index is 0.147. The van der Waals surface area contributed by atoms with E-state index in [4.69, 9.17) is 16.3 Å². The van der Waals surface area contributed by atoms with Crippen LogP contribution < -0.4 is 15.0 Å². The number of aryl methyl sites for hydroxylation is 3. The highest BCUT2D eigenvalue weighted by Gasteiger charge is 2.37. The molecule has 4 rings (SSSR count). The SMILES string of the molecule is Cc1cc(C)cc(OCCn2cccc2/C=C2\C(=O)NC(=O)N(c3ccc(C)c(Cl)c3)C2=O)c1. The molecule has 174 valence electrons. The molecule has 0 bridgehead atoms. The molecule has 0 atom stereocenters. The van der Waals surface area contributed by atoms with Crippen LogP contribution in [-0.2, 0) is 16.1 Å². The number of ether oxygens (including phenoxy) is 1. The van der Waals surface area contributed by atoms with Crippen molar-refractivity contribution in [2.45, 2.75) is 27.3 Å². The summed E-state index contributed by atoms with van der Waals surface area (Å²) in [4.78, 5) is 39.0. The number of nitrogens with one attached hydrogen (secondary N) is 1. The van der Waals surface area contributed by atoms with Gasteiger partial charge >= 0.3 is 6.03 Å². The number of imide groups is 2. The zero-order valence-corrected chi connectivity index (χ0v) is 19.8. The predicted molar refractivity (Wildman–Crippen MR) is 131 cm³/mol. The number of urea groups is 1. The summed E-state index contributed by atoms with van der Waals surface area (Å²) in [6.07, 6.45) is 3.31. The summed E-state index contributed by atoms with van der Waals surface area (Å²) in [6, 6.07) is 13.6. The number of benzene rings is 2. The molecule has 0 saturated carbocycles. The van der Waals surface area contributed by atoms with Crippen LogP contribution in [0.2, 0.25) is 5.02 Å². The van der Waals surface area contributed by atoms with Gasteiger partial charge in [0.15, 0.2) is 0 Å². The highest BCUT2D eigenvalue weighted by Crippen LogP contribution is 2.27. The zero-order chi connectivity index (χ0) is 24.4. The van der Waals surface area contributed by atoms with E-state index in [1.165, 1.54) is 12.1 Å². The Bertz CT molecular complexity index is 1310. The molecule has 1 aliphatic heterocycles. The fourth-order valence-electron chi connectivity index (χ4n) is 3.80. The first-order chi connectivity index (χ1) is 16.2. The predicted octanol–water partition coefficient (Wildman–Crippen LogP) is 4.81. The molecule has 8 heteroatoms. The van der Waals surface area contributed by atoms with Gasteiger partial charge in [-0.3, -0.25) is 14.9 Å². The molecule has 1 fully saturated rings. The number of amides is 4. The first kappa shape index (κ1) is 23.3. The quantitative estimate of drug-likeness (QED) is 0.408. The van der Waals surface area contributed by atoms with Gasteiger partial charge in [0.05, 0.1) is 12.2 Å². The Balaban J connectivity index is 1.54. The number of nitrogens with zero attached hydrogens (tertiary/aromatic N) is 2. The number of aromatic nitrogens is 1. The molecule has 2 aromatic carbocycles. The second-order valence-electron chi connectivity index (χ2n) is 8.19. The van der Waals surface area contributed by atoms with Gasteiger partial charge < -0.3 is 9.30 Å². The van der Waals surface area contributed by atoms with Crippen LogP contribution in [-0.4, -0.2) is 29.0 Å². The van der Waals surface area contributed by atoms with Crippen LogP contribution in [0.1, 0.15) is 22.4 Å². The van der Waals surface area contributed by atoms with Crippen LogP contribution in [0.3, 0.4) is 0 Å². The van der Waals surface area contributed by atoms with Gasteiger partial charge in [0.25, 0.3) is 11.8 Å². The van der Waals surface area contributed by atoms with Gasteiger partial charge in [-0.2, -0.15) is 0 Å². The molecule has 0 spiro atoms. The van der Waals surface area contributed by atoms with Crippen molar-refractivity contribution in [3.8, 4) is 5.75 Å². The maximum absolute atomic E-state index is 13.1. The first-order valence-electron chi connectivity index (χ1n) is 10.8. The van der Waals surface area contributed by atoms with E-state index in [9.17, 15) is 14.4 Å². The average molecular weight is 478 g/mol. The second kappa shape index (κ2) is 9.57. The summed E-state index contributed by atoms with van der Waals surface area (Å²) >= 11 is 6.17.